The average molecular weight is 356 g/mol. The zero-order valence-electron chi connectivity index (χ0n) is 15.9. The molecule has 5 heteroatoms. The third-order valence-electron chi connectivity index (χ3n) is 4.68. The zero-order chi connectivity index (χ0) is 18.4. The van der Waals surface area contributed by atoms with Crippen molar-refractivity contribution in [2.24, 2.45) is 5.92 Å². The summed E-state index contributed by atoms with van der Waals surface area (Å²) in [5.41, 5.74) is 2.09. The molecule has 0 radical (unpaired) electrons. The van der Waals surface area contributed by atoms with Crippen LogP contribution >= 0.6 is 0 Å². The van der Waals surface area contributed by atoms with E-state index in [2.05, 4.69) is 17.2 Å². The molecule has 5 nitrogen and oxygen atoms in total. The van der Waals surface area contributed by atoms with E-state index in [-0.39, 0.29) is 0 Å². The van der Waals surface area contributed by atoms with Crippen LogP contribution in [0.4, 0.5) is 0 Å². The quantitative estimate of drug-likeness (QED) is 0.808. The minimum absolute atomic E-state index is 0.483. The topological polar surface area (TPSA) is 52.6 Å². The van der Waals surface area contributed by atoms with Gasteiger partial charge in [-0.2, -0.15) is 0 Å². The molecule has 1 fully saturated rings. The first-order valence-corrected chi connectivity index (χ1v) is 9.35. The monoisotopic (exact) mass is 356 g/mol. The van der Waals surface area contributed by atoms with Gasteiger partial charge in [0.25, 0.3) is 5.88 Å². The lowest BCUT2D eigenvalue weighted by molar-refractivity contribution is 0.211. The van der Waals surface area contributed by atoms with Gasteiger partial charge in [-0.3, -0.25) is 0 Å². The molecule has 1 aromatic heterocycles. The molecule has 0 unspecified atom stereocenters. The highest BCUT2D eigenvalue weighted by Crippen LogP contribution is 2.36. The molecule has 0 aliphatic carbocycles. The molecule has 1 aliphatic rings. The van der Waals surface area contributed by atoms with Crippen LogP contribution in [0.15, 0.2) is 30.3 Å². The van der Waals surface area contributed by atoms with E-state index in [9.17, 15) is 0 Å². The number of nitrogens with one attached hydrogen (secondary N) is 1. The molecule has 140 valence electrons. The highest BCUT2D eigenvalue weighted by molar-refractivity contribution is 5.47. The molecule has 0 bridgehead atoms. The minimum Gasteiger partial charge on any atom is -0.493 e. The number of piperidine rings is 1. The summed E-state index contributed by atoms with van der Waals surface area (Å²) < 4.78 is 17.6. The normalized spacial score (nSPS) is 17.0. The number of nitrogens with zero attached hydrogens (tertiary/aromatic N) is 1. The van der Waals surface area contributed by atoms with Crippen LogP contribution in [0.1, 0.15) is 31.0 Å². The van der Waals surface area contributed by atoms with Crippen LogP contribution in [0, 0.1) is 12.8 Å². The van der Waals surface area contributed by atoms with Crippen molar-refractivity contribution in [2.75, 3.05) is 26.8 Å². The number of ether oxygens (including phenoxy) is 3. The van der Waals surface area contributed by atoms with Crippen LogP contribution in [-0.4, -0.2) is 31.8 Å². The summed E-state index contributed by atoms with van der Waals surface area (Å²) in [4.78, 5) is 4.53. The van der Waals surface area contributed by atoms with Gasteiger partial charge in [0, 0.05) is 18.2 Å². The molecule has 0 saturated carbocycles. The van der Waals surface area contributed by atoms with E-state index >= 15 is 0 Å². The standard InChI is InChI=1S/C21H28N2O3/c1-4-16-8-10-18(20(12-16)24-3)26-21-19(9-7-15(2)23-21)25-14-17-6-5-11-22-13-17/h7-10,12,17,22H,4-6,11,13-14H2,1-3H3/t17-/m0/s1. The average Bonchev–Trinajstić information content (AvgIpc) is 2.68. The second-order valence-electron chi connectivity index (χ2n) is 6.72. The van der Waals surface area contributed by atoms with Crippen molar-refractivity contribution in [1.29, 1.82) is 0 Å². The summed E-state index contributed by atoms with van der Waals surface area (Å²) >= 11 is 0. The number of aryl methyl sites for hydroxylation is 2. The van der Waals surface area contributed by atoms with E-state index in [1.54, 1.807) is 7.11 Å². The summed E-state index contributed by atoms with van der Waals surface area (Å²) in [6.07, 6.45) is 3.34. The number of methoxy groups -OCH3 is 1. The van der Waals surface area contributed by atoms with Crippen LogP contribution in [0.5, 0.6) is 23.1 Å². The predicted molar refractivity (Wildman–Crippen MR) is 103 cm³/mol. The first kappa shape index (κ1) is 18.5. The van der Waals surface area contributed by atoms with Gasteiger partial charge in [-0.15, -0.1) is 0 Å². The molecule has 2 heterocycles. The number of rotatable bonds is 7. The number of pyridine rings is 1. The lowest BCUT2D eigenvalue weighted by Gasteiger charge is -2.23. The summed E-state index contributed by atoms with van der Waals surface area (Å²) in [5.74, 6) is 3.03. The van der Waals surface area contributed by atoms with Crippen molar-refractivity contribution < 1.29 is 14.2 Å². The molecule has 1 atom stereocenters. The van der Waals surface area contributed by atoms with Gasteiger partial charge in [-0.1, -0.05) is 13.0 Å². The maximum Gasteiger partial charge on any atom is 0.262 e. The highest BCUT2D eigenvalue weighted by Gasteiger charge is 2.17. The van der Waals surface area contributed by atoms with Crippen LogP contribution in [-0.2, 0) is 6.42 Å². The zero-order valence-corrected chi connectivity index (χ0v) is 15.9. The molecule has 1 saturated heterocycles. The third kappa shape index (κ3) is 4.67. The Labute approximate surface area is 155 Å². The smallest absolute Gasteiger partial charge is 0.262 e. The van der Waals surface area contributed by atoms with E-state index in [4.69, 9.17) is 14.2 Å². The molecular weight excluding hydrogens is 328 g/mol. The summed E-state index contributed by atoms with van der Waals surface area (Å²) in [7, 11) is 1.65. The Hall–Kier alpha value is -2.27. The van der Waals surface area contributed by atoms with Crippen molar-refractivity contribution in [3.8, 4) is 23.1 Å². The summed E-state index contributed by atoms with van der Waals surface area (Å²) in [6.45, 7) is 6.83. The lowest BCUT2D eigenvalue weighted by Crippen LogP contribution is -2.33. The Morgan fingerprint density at radius 3 is 2.73 bits per heavy atom. The van der Waals surface area contributed by atoms with E-state index in [0.717, 1.165) is 25.2 Å². The highest BCUT2D eigenvalue weighted by atomic mass is 16.5. The van der Waals surface area contributed by atoms with Gasteiger partial charge < -0.3 is 19.5 Å². The van der Waals surface area contributed by atoms with Gasteiger partial charge in [-0.25, -0.2) is 4.98 Å². The SMILES string of the molecule is CCc1ccc(Oc2nc(C)ccc2OC[C@H]2CCCNC2)c(OC)c1. The van der Waals surface area contributed by atoms with Crippen LogP contribution in [0.3, 0.4) is 0 Å². The van der Waals surface area contributed by atoms with E-state index in [0.29, 0.717) is 35.7 Å². The van der Waals surface area contributed by atoms with Crippen molar-refractivity contribution in [1.82, 2.24) is 10.3 Å². The van der Waals surface area contributed by atoms with Crippen molar-refractivity contribution in [2.45, 2.75) is 33.1 Å². The maximum atomic E-state index is 6.08. The molecule has 2 aromatic rings. The van der Waals surface area contributed by atoms with E-state index in [1.807, 2.05) is 37.3 Å². The first-order valence-electron chi connectivity index (χ1n) is 9.35. The number of hydrogen-bond donors (Lipinski definition) is 1. The molecule has 0 spiro atoms. The first-order chi connectivity index (χ1) is 12.7. The number of hydrogen-bond acceptors (Lipinski definition) is 5. The van der Waals surface area contributed by atoms with E-state index < -0.39 is 0 Å². The van der Waals surface area contributed by atoms with Gasteiger partial charge in [0.15, 0.2) is 17.2 Å². The fraction of sp³-hybridized carbons (Fsp3) is 0.476. The molecule has 3 rings (SSSR count). The predicted octanol–water partition coefficient (Wildman–Crippen LogP) is 4.13. The fourth-order valence-electron chi connectivity index (χ4n) is 3.10. The van der Waals surface area contributed by atoms with Gasteiger partial charge in [0.2, 0.25) is 0 Å². The second-order valence-corrected chi connectivity index (χ2v) is 6.72. The second kappa shape index (κ2) is 8.90. The van der Waals surface area contributed by atoms with Gasteiger partial charge >= 0.3 is 0 Å². The molecule has 1 N–H and O–H groups in total. The van der Waals surface area contributed by atoms with Gasteiger partial charge in [0.05, 0.1) is 13.7 Å². The minimum atomic E-state index is 0.483. The Bertz CT molecular complexity index is 727. The van der Waals surface area contributed by atoms with Crippen LogP contribution in [0.2, 0.25) is 0 Å². The number of aromatic nitrogens is 1. The molecule has 26 heavy (non-hydrogen) atoms. The van der Waals surface area contributed by atoms with E-state index in [1.165, 1.54) is 18.4 Å². The Kier molecular flexibility index (Phi) is 6.34. The lowest BCUT2D eigenvalue weighted by atomic mass is 10.0. The van der Waals surface area contributed by atoms with Crippen molar-refractivity contribution >= 4 is 0 Å². The molecule has 1 aliphatic heterocycles. The van der Waals surface area contributed by atoms with Crippen molar-refractivity contribution in [3.05, 3.63) is 41.6 Å². The third-order valence-corrected chi connectivity index (χ3v) is 4.68. The summed E-state index contributed by atoms with van der Waals surface area (Å²) in [5, 5.41) is 3.42. The Morgan fingerprint density at radius 2 is 2.00 bits per heavy atom. The fourth-order valence-corrected chi connectivity index (χ4v) is 3.10. The van der Waals surface area contributed by atoms with Crippen LogP contribution < -0.4 is 19.5 Å². The molecule has 1 aromatic carbocycles. The Balaban J connectivity index is 1.77. The molecular formula is C21H28N2O3. The van der Waals surface area contributed by atoms with Gasteiger partial charge in [-0.05, 0) is 62.6 Å². The maximum absolute atomic E-state index is 6.08. The van der Waals surface area contributed by atoms with Crippen molar-refractivity contribution in [3.63, 3.8) is 0 Å². The number of benzene rings is 1. The summed E-state index contributed by atoms with van der Waals surface area (Å²) in [6, 6.07) is 9.84. The van der Waals surface area contributed by atoms with Gasteiger partial charge in [0.1, 0.15) is 0 Å². The Morgan fingerprint density at radius 1 is 1.15 bits per heavy atom. The largest absolute Gasteiger partial charge is 0.493 e. The van der Waals surface area contributed by atoms with Crippen LogP contribution in [0.25, 0.3) is 0 Å². The molecule has 0 amide bonds.